The van der Waals surface area contributed by atoms with Gasteiger partial charge in [0.2, 0.25) is 0 Å². The minimum atomic E-state index is -0.347. The molecule has 138 valence electrons. The normalized spacial score (nSPS) is 13.3. The zero-order valence-electron chi connectivity index (χ0n) is 15.2. The van der Waals surface area contributed by atoms with Gasteiger partial charge in [-0.3, -0.25) is 19.3 Å². The van der Waals surface area contributed by atoms with Crippen LogP contribution in [0.1, 0.15) is 44.7 Å². The number of carbonyl (C=O) groups excluding carboxylic acids is 3. The van der Waals surface area contributed by atoms with E-state index in [2.05, 4.69) is 0 Å². The molecule has 0 aliphatic carbocycles. The maximum atomic E-state index is 12.4. The summed E-state index contributed by atoms with van der Waals surface area (Å²) in [6.07, 6.45) is 4.20. The van der Waals surface area contributed by atoms with Crippen molar-refractivity contribution in [2.24, 2.45) is 0 Å². The van der Waals surface area contributed by atoms with Crippen molar-refractivity contribution >= 4 is 23.9 Å². The second-order valence-corrected chi connectivity index (χ2v) is 6.41. The maximum Gasteiger partial charge on any atom is 0.306 e. The lowest BCUT2D eigenvalue weighted by Crippen LogP contribution is -2.31. The van der Waals surface area contributed by atoms with Crippen LogP contribution in [0.3, 0.4) is 0 Å². The topological polar surface area (TPSA) is 63.7 Å². The largest absolute Gasteiger partial charge is 0.461 e. The molecule has 27 heavy (non-hydrogen) atoms. The van der Waals surface area contributed by atoms with E-state index in [9.17, 15) is 14.4 Å². The Hall–Kier alpha value is -3.21. The quantitative estimate of drug-likeness (QED) is 0.557. The first-order valence-electron chi connectivity index (χ1n) is 8.90. The summed E-state index contributed by atoms with van der Waals surface area (Å²) in [6, 6.07) is 14.9. The second-order valence-electron chi connectivity index (χ2n) is 6.41. The zero-order chi connectivity index (χ0) is 19.2. The van der Waals surface area contributed by atoms with Gasteiger partial charge in [0.25, 0.3) is 11.8 Å². The van der Waals surface area contributed by atoms with Crippen molar-refractivity contribution < 1.29 is 19.1 Å². The summed E-state index contributed by atoms with van der Waals surface area (Å²) >= 11 is 0. The number of fused-ring (bicyclic) bond motifs is 1. The lowest BCUT2D eigenvalue weighted by Gasteiger charge is -2.13. The Morgan fingerprint density at radius 3 is 2.56 bits per heavy atom. The van der Waals surface area contributed by atoms with Crippen LogP contribution >= 0.6 is 0 Å². The molecular weight excluding hydrogens is 342 g/mol. The SMILES string of the molecule is Cc1ccc2c(c1)C(=O)N(CCCC(=O)OC/C=C/c1ccccc1)C2=O. The highest BCUT2D eigenvalue weighted by Gasteiger charge is 2.34. The van der Waals surface area contributed by atoms with Gasteiger partial charge in [-0.2, -0.15) is 0 Å². The summed E-state index contributed by atoms with van der Waals surface area (Å²) in [6.45, 7) is 2.28. The number of imide groups is 1. The minimum Gasteiger partial charge on any atom is -0.461 e. The lowest BCUT2D eigenvalue weighted by atomic mass is 10.1. The van der Waals surface area contributed by atoms with Crippen LogP contribution in [-0.2, 0) is 9.53 Å². The number of nitrogens with zero attached hydrogens (tertiary/aromatic N) is 1. The molecule has 0 fully saturated rings. The summed E-state index contributed by atoms with van der Waals surface area (Å²) in [5.74, 6) is -0.938. The molecule has 0 N–H and O–H groups in total. The molecule has 0 saturated carbocycles. The van der Waals surface area contributed by atoms with Crippen LogP contribution in [0.5, 0.6) is 0 Å². The van der Waals surface area contributed by atoms with E-state index in [4.69, 9.17) is 4.74 Å². The van der Waals surface area contributed by atoms with Gasteiger partial charge in [-0.15, -0.1) is 0 Å². The third-order valence-corrected chi connectivity index (χ3v) is 4.34. The predicted octanol–water partition coefficient (Wildman–Crippen LogP) is 3.63. The van der Waals surface area contributed by atoms with Gasteiger partial charge in [0.15, 0.2) is 0 Å². The number of ether oxygens (including phenoxy) is 1. The van der Waals surface area contributed by atoms with Gasteiger partial charge in [-0.05, 0) is 37.1 Å². The standard InChI is InChI=1S/C22H21NO4/c1-16-11-12-18-19(15-16)22(26)23(21(18)25)13-5-10-20(24)27-14-6-9-17-7-3-2-4-8-17/h2-4,6-9,11-12,15H,5,10,13-14H2,1H3/b9-6+. The third-order valence-electron chi connectivity index (χ3n) is 4.34. The lowest BCUT2D eigenvalue weighted by molar-refractivity contribution is -0.142. The van der Waals surface area contributed by atoms with Gasteiger partial charge < -0.3 is 4.74 Å². The Bertz CT molecular complexity index is 886. The van der Waals surface area contributed by atoms with E-state index >= 15 is 0 Å². The molecule has 0 unspecified atom stereocenters. The van der Waals surface area contributed by atoms with Crippen LogP contribution in [0, 0.1) is 6.92 Å². The van der Waals surface area contributed by atoms with Gasteiger partial charge in [-0.1, -0.05) is 48.0 Å². The van der Waals surface area contributed by atoms with Crippen molar-refractivity contribution in [3.63, 3.8) is 0 Å². The number of amides is 2. The van der Waals surface area contributed by atoms with Crippen molar-refractivity contribution in [2.45, 2.75) is 19.8 Å². The number of esters is 1. The van der Waals surface area contributed by atoms with Crippen molar-refractivity contribution in [3.8, 4) is 0 Å². The molecule has 1 heterocycles. The Kier molecular flexibility index (Phi) is 5.81. The monoisotopic (exact) mass is 363 g/mol. The summed E-state index contributed by atoms with van der Waals surface area (Å²) in [4.78, 5) is 37.7. The molecule has 2 aromatic carbocycles. The summed E-state index contributed by atoms with van der Waals surface area (Å²) in [7, 11) is 0. The van der Waals surface area contributed by atoms with E-state index in [1.807, 2.05) is 49.4 Å². The first-order chi connectivity index (χ1) is 13.1. The first-order valence-corrected chi connectivity index (χ1v) is 8.90. The number of rotatable bonds is 7. The fourth-order valence-electron chi connectivity index (χ4n) is 2.95. The maximum absolute atomic E-state index is 12.4. The average Bonchev–Trinajstić information content (AvgIpc) is 2.90. The minimum absolute atomic E-state index is 0.158. The van der Waals surface area contributed by atoms with Gasteiger partial charge in [-0.25, -0.2) is 0 Å². The summed E-state index contributed by atoms with van der Waals surface area (Å²) in [5.41, 5.74) is 2.84. The van der Waals surface area contributed by atoms with E-state index in [0.717, 1.165) is 11.1 Å². The van der Waals surface area contributed by atoms with Crippen LogP contribution in [-0.4, -0.2) is 35.8 Å². The first kappa shape index (κ1) is 18.6. The third kappa shape index (κ3) is 4.50. The van der Waals surface area contributed by atoms with Gasteiger partial charge in [0, 0.05) is 13.0 Å². The van der Waals surface area contributed by atoms with E-state index in [1.54, 1.807) is 18.2 Å². The van der Waals surface area contributed by atoms with Gasteiger partial charge in [0.1, 0.15) is 6.61 Å². The van der Waals surface area contributed by atoms with Gasteiger partial charge in [0.05, 0.1) is 11.1 Å². The zero-order valence-corrected chi connectivity index (χ0v) is 15.2. The molecule has 5 nitrogen and oxygen atoms in total. The molecule has 0 radical (unpaired) electrons. The predicted molar refractivity (Wildman–Crippen MR) is 102 cm³/mol. The highest BCUT2D eigenvalue weighted by molar-refractivity contribution is 6.21. The summed E-state index contributed by atoms with van der Waals surface area (Å²) in [5, 5.41) is 0. The summed E-state index contributed by atoms with van der Waals surface area (Å²) < 4.78 is 5.15. The van der Waals surface area contributed by atoms with Crippen LogP contribution in [0.4, 0.5) is 0 Å². The van der Waals surface area contributed by atoms with Gasteiger partial charge >= 0.3 is 5.97 Å². The Labute approximate surface area is 158 Å². The molecule has 0 bridgehead atoms. The molecule has 0 atom stereocenters. The number of benzene rings is 2. The fourth-order valence-corrected chi connectivity index (χ4v) is 2.95. The molecule has 0 aromatic heterocycles. The van der Waals surface area contributed by atoms with Crippen LogP contribution < -0.4 is 0 Å². The smallest absolute Gasteiger partial charge is 0.306 e. The molecular formula is C22H21NO4. The fraction of sp³-hybridized carbons (Fsp3) is 0.227. The average molecular weight is 363 g/mol. The molecule has 1 aliphatic heterocycles. The molecule has 3 rings (SSSR count). The van der Waals surface area contributed by atoms with E-state index in [-0.39, 0.29) is 37.4 Å². The number of hydrogen-bond donors (Lipinski definition) is 0. The van der Waals surface area contributed by atoms with Crippen molar-refractivity contribution in [2.75, 3.05) is 13.2 Å². The highest BCUT2D eigenvalue weighted by Crippen LogP contribution is 2.24. The number of hydrogen-bond acceptors (Lipinski definition) is 4. The number of carbonyl (C=O) groups is 3. The Balaban J connectivity index is 1.42. The Morgan fingerprint density at radius 2 is 1.78 bits per heavy atom. The molecule has 0 spiro atoms. The molecule has 2 aromatic rings. The van der Waals surface area contributed by atoms with Crippen LogP contribution in [0.2, 0.25) is 0 Å². The Morgan fingerprint density at radius 1 is 1.04 bits per heavy atom. The molecule has 0 saturated heterocycles. The van der Waals surface area contributed by atoms with Crippen molar-refractivity contribution in [3.05, 3.63) is 76.9 Å². The number of aryl methyl sites for hydroxylation is 1. The molecule has 1 aliphatic rings. The van der Waals surface area contributed by atoms with E-state index in [1.165, 1.54) is 4.90 Å². The van der Waals surface area contributed by atoms with Crippen LogP contribution in [0.25, 0.3) is 6.08 Å². The van der Waals surface area contributed by atoms with Crippen molar-refractivity contribution in [1.29, 1.82) is 0 Å². The highest BCUT2D eigenvalue weighted by atomic mass is 16.5. The van der Waals surface area contributed by atoms with E-state index < -0.39 is 0 Å². The molecule has 2 amide bonds. The molecule has 5 heteroatoms. The second kappa shape index (κ2) is 8.45. The van der Waals surface area contributed by atoms with E-state index in [0.29, 0.717) is 17.5 Å². The van der Waals surface area contributed by atoms with Crippen molar-refractivity contribution in [1.82, 2.24) is 4.90 Å². The van der Waals surface area contributed by atoms with Crippen LogP contribution in [0.15, 0.2) is 54.6 Å².